The number of hydrogen-bond acceptors (Lipinski definition) is 3. The summed E-state index contributed by atoms with van der Waals surface area (Å²) in [5.41, 5.74) is 5.58. The molecule has 21 heavy (non-hydrogen) atoms. The van der Waals surface area contributed by atoms with Gasteiger partial charge in [0.1, 0.15) is 16.5 Å². The predicted molar refractivity (Wildman–Crippen MR) is 74.2 cm³/mol. The predicted octanol–water partition coefficient (Wildman–Crippen LogP) is 0.310. The molecule has 1 saturated carbocycles. The summed E-state index contributed by atoms with van der Waals surface area (Å²) >= 11 is 0. The number of hydrogen-bond donors (Lipinski definition) is 3. The van der Waals surface area contributed by atoms with Gasteiger partial charge < -0.3 is 11.1 Å². The van der Waals surface area contributed by atoms with Crippen molar-refractivity contribution in [3.8, 4) is 0 Å². The van der Waals surface area contributed by atoms with Crippen LogP contribution in [0.25, 0.3) is 0 Å². The second-order valence-electron chi connectivity index (χ2n) is 4.66. The molecule has 0 amide bonds. The van der Waals surface area contributed by atoms with Crippen LogP contribution in [0.2, 0.25) is 0 Å². The van der Waals surface area contributed by atoms with Crippen LogP contribution in [0.4, 0.5) is 8.78 Å². The third kappa shape index (κ3) is 4.64. The highest BCUT2D eigenvalue weighted by molar-refractivity contribution is 7.89. The molecule has 1 aliphatic carbocycles. The average molecular weight is 318 g/mol. The molecular weight excluding hydrogens is 302 g/mol. The van der Waals surface area contributed by atoms with E-state index in [1.54, 1.807) is 0 Å². The molecule has 1 aromatic rings. The minimum Gasteiger partial charge on any atom is -0.370 e. The van der Waals surface area contributed by atoms with Gasteiger partial charge in [-0.3, -0.25) is 4.99 Å². The zero-order chi connectivity index (χ0) is 15.5. The molecule has 0 aromatic heterocycles. The summed E-state index contributed by atoms with van der Waals surface area (Å²) in [6.45, 7) is 0.0831. The van der Waals surface area contributed by atoms with Gasteiger partial charge in [0.15, 0.2) is 5.96 Å². The van der Waals surface area contributed by atoms with Crippen molar-refractivity contribution in [3.05, 3.63) is 29.8 Å². The highest BCUT2D eigenvalue weighted by Gasteiger charge is 2.21. The lowest BCUT2D eigenvalue weighted by atomic mass is 10.3. The lowest BCUT2D eigenvalue weighted by Crippen LogP contribution is -2.34. The highest BCUT2D eigenvalue weighted by atomic mass is 32.2. The maximum absolute atomic E-state index is 13.4. The lowest BCUT2D eigenvalue weighted by Gasteiger charge is -2.07. The Labute approximate surface area is 121 Å². The molecule has 6 nitrogen and oxygen atoms in total. The van der Waals surface area contributed by atoms with Gasteiger partial charge in [-0.1, -0.05) is 0 Å². The quantitative estimate of drug-likeness (QED) is 0.399. The van der Waals surface area contributed by atoms with Gasteiger partial charge in [0.25, 0.3) is 0 Å². The fourth-order valence-corrected chi connectivity index (χ4v) is 2.69. The first-order valence-electron chi connectivity index (χ1n) is 6.39. The van der Waals surface area contributed by atoms with E-state index in [0.29, 0.717) is 12.1 Å². The lowest BCUT2D eigenvalue weighted by molar-refractivity contribution is 0.543. The fourth-order valence-electron chi connectivity index (χ4n) is 1.61. The van der Waals surface area contributed by atoms with Crippen molar-refractivity contribution >= 4 is 16.0 Å². The summed E-state index contributed by atoms with van der Waals surface area (Å²) in [6, 6.07) is 2.63. The SMILES string of the molecule is NC(=NCCNS(=O)(=O)c1ccc(F)cc1F)NC1CC1. The first kappa shape index (κ1) is 15.6. The van der Waals surface area contributed by atoms with E-state index in [9.17, 15) is 17.2 Å². The number of guanidine groups is 1. The number of benzene rings is 1. The molecular formula is C12H16F2N4O2S. The summed E-state index contributed by atoms with van der Waals surface area (Å²) in [5, 5.41) is 2.95. The van der Waals surface area contributed by atoms with Crippen molar-refractivity contribution < 1.29 is 17.2 Å². The first-order chi connectivity index (χ1) is 9.88. The van der Waals surface area contributed by atoms with Crippen LogP contribution >= 0.6 is 0 Å². The fraction of sp³-hybridized carbons (Fsp3) is 0.417. The van der Waals surface area contributed by atoms with Gasteiger partial charge in [-0.05, 0) is 25.0 Å². The van der Waals surface area contributed by atoms with Gasteiger partial charge in [-0.2, -0.15) is 0 Å². The van der Waals surface area contributed by atoms with Crippen LogP contribution in [0.1, 0.15) is 12.8 Å². The molecule has 0 aliphatic heterocycles. The molecule has 0 atom stereocenters. The molecule has 0 unspecified atom stereocenters. The molecule has 2 rings (SSSR count). The van der Waals surface area contributed by atoms with Crippen LogP contribution < -0.4 is 15.8 Å². The summed E-state index contributed by atoms with van der Waals surface area (Å²) in [5.74, 6) is -1.72. The van der Waals surface area contributed by atoms with Crippen LogP contribution in [-0.2, 0) is 10.0 Å². The minimum absolute atomic E-state index is 0.0355. The third-order valence-corrected chi connectivity index (χ3v) is 4.29. The van der Waals surface area contributed by atoms with Gasteiger partial charge in [-0.25, -0.2) is 21.9 Å². The van der Waals surface area contributed by atoms with E-state index in [1.165, 1.54) is 0 Å². The molecule has 116 valence electrons. The van der Waals surface area contributed by atoms with Crippen LogP contribution in [0, 0.1) is 11.6 Å². The Morgan fingerprint density at radius 3 is 2.71 bits per heavy atom. The molecule has 1 aromatic carbocycles. The maximum atomic E-state index is 13.4. The minimum atomic E-state index is -4.04. The molecule has 9 heteroatoms. The Morgan fingerprint density at radius 1 is 1.38 bits per heavy atom. The molecule has 0 heterocycles. The van der Waals surface area contributed by atoms with E-state index in [-0.39, 0.29) is 19.0 Å². The Balaban J connectivity index is 1.88. The van der Waals surface area contributed by atoms with E-state index in [2.05, 4.69) is 15.0 Å². The number of nitrogens with two attached hydrogens (primary N) is 1. The number of halogens is 2. The standard InChI is InChI=1S/C12H16F2N4O2S/c13-8-1-4-11(10(14)7-8)21(19,20)17-6-5-16-12(15)18-9-2-3-9/h1,4,7,9,17H,2-3,5-6H2,(H3,15,16,18). The highest BCUT2D eigenvalue weighted by Crippen LogP contribution is 2.18. The van der Waals surface area contributed by atoms with Crippen LogP contribution in [0.5, 0.6) is 0 Å². The van der Waals surface area contributed by atoms with Gasteiger partial charge >= 0.3 is 0 Å². The molecule has 0 spiro atoms. The first-order valence-corrected chi connectivity index (χ1v) is 7.88. The Morgan fingerprint density at radius 2 is 2.10 bits per heavy atom. The van der Waals surface area contributed by atoms with Crippen molar-refractivity contribution in [3.63, 3.8) is 0 Å². The number of rotatable bonds is 6. The van der Waals surface area contributed by atoms with E-state index in [4.69, 9.17) is 5.73 Å². The van der Waals surface area contributed by atoms with E-state index < -0.39 is 26.6 Å². The molecule has 0 radical (unpaired) electrons. The Kier molecular flexibility index (Phi) is 4.73. The second-order valence-corrected chi connectivity index (χ2v) is 6.39. The van der Waals surface area contributed by atoms with Gasteiger partial charge in [0, 0.05) is 18.7 Å². The summed E-state index contributed by atoms with van der Waals surface area (Å²) in [4.78, 5) is 3.34. The molecule has 1 aliphatic rings. The van der Waals surface area contributed by atoms with Crippen molar-refractivity contribution in [2.45, 2.75) is 23.8 Å². The van der Waals surface area contributed by atoms with Crippen molar-refractivity contribution in [1.29, 1.82) is 0 Å². The second kappa shape index (κ2) is 6.35. The normalized spacial score (nSPS) is 16.0. The Bertz CT molecular complexity index is 645. The average Bonchev–Trinajstić information content (AvgIpc) is 3.18. The van der Waals surface area contributed by atoms with Crippen molar-refractivity contribution in [2.24, 2.45) is 10.7 Å². The molecule has 0 saturated heterocycles. The summed E-state index contributed by atoms with van der Waals surface area (Å²) < 4.78 is 52.0. The van der Waals surface area contributed by atoms with Gasteiger partial charge in [-0.15, -0.1) is 0 Å². The smallest absolute Gasteiger partial charge is 0.243 e. The summed E-state index contributed by atoms with van der Waals surface area (Å²) in [7, 11) is -4.04. The maximum Gasteiger partial charge on any atom is 0.243 e. The molecule has 4 N–H and O–H groups in total. The topological polar surface area (TPSA) is 96.6 Å². The van der Waals surface area contributed by atoms with E-state index in [0.717, 1.165) is 25.0 Å². The zero-order valence-electron chi connectivity index (χ0n) is 11.1. The van der Waals surface area contributed by atoms with E-state index in [1.807, 2.05) is 0 Å². The van der Waals surface area contributed by atoms with Gasteiger partial charge in [0.05, 0.1) is 6.54 Å². The third-order valence-electron chi connectivity index (χ3n) is 2.80. The van der Waals surface area contributed by atoms with E-state index >= 15 is 0 Å². The number of sulfonamides is 1. The Hall–Kier alpha value is -1.74. The molecule has 0 bridgehead atoms. The van der Waals surface area contributed by atoms with Crippen LogP contribution in [0.15, 0.2) is 28.1 Å². The number of nitrogens with one attached hydrogen (secondary N) is 2. The summed E-state index contributed by atoms with van der Waals surface area (Å²) in [6.07, 6.45) is 2.10. The number of nitrogens with zero attached hydrogens (tertiary/aromatic N) is 1. The molecule has 1 fully saturated rings. The zero-order valence-corrected chi connectivity index (χ0v) is 12.0. The monoisotopic (exact) mass is 318 g/mol. The van der Waals surface area contributed by atoms with Crippen molar-refractivity contribution in [1.82, 2.24) is 10.0 Å². The van der Waals surface area contributed by atoms with Crippen LogP contribution in [-0.4, -0.2) is 33.5 Å². The van der Waals surface area contributed by atoms with Crippen molar-refractivity contribution in [2.75, 3.05) is 13.1 Å². The van der Waals surface area contributed by atoms with Gasteiger partial charge in [0.2, 0.25) is 10.0 Å². The van der Waals surface area contributed by atoms with Crippen LogP contribution in [0.3, 0.4) is 0 Å². The largest absolute Gasteiger partial charge is 0.370 e. The number of aliphatic imine (C=N–C) groups is 1.